The molecule has 2 fully saturated rings. The molecule has 0 spiro atoms. The van der Waals surface area contributed by atoms with Crippen LogP contribution in [0.15, 0.2) is 0 Å². The molecule has 16 heavy (non-hydrogen) atoms. The molecule has 0 radical (unpaired) electrons. The Morgan fingerprint density at radius 2 is 2.31 bits per heavy atom. The Kier molecular flexibility index (Phi) is 3.15. The van der Waals surface area contributed by atoms with Gasteiger partial charge in [-0.25, -0.2) is 0 Å². The number of thioether (sulfide) groups is 1. The quantitative estimate of drug-likeness (QED) is 0.578. The molecule has 6 nitrogen and oxygen atoms in total. The fraction of sp³-hybridized carbons (Fsp3) is 0.667. The summed E-state index contributed by atoms with van der Waals surface area (Å²) in [5.41, 5.74) is 0. The second kappa shape index (κ2) is 4.42. The van der Waals surface area contributed by atoms with E-state index < -0.39 is 6.04 Å². The van der Waals surface area contributed by atoms with Crippen molar-refractivity contribution in [3.05, 3.63) is 0 Å². The molecule has 0 aromatic rings. The molecule has 2 aliphatic heterocycles. The van der Waals surface area contributed by atoms with Gasteiger partial charge in [-0.3, -0.25) is 24.6 Å². The summed E-state index contributed by atoms with van der Waals surface area (Å²) < 4.78 is 0. The van der Waals surface area contributed by atoms with Gasteiger partial charge >= 0.3 is 0 Å². The molecule has 2 saturated heterocycles. The summed E-state index contributed by atoms with van der Waals surface area (Å²) in [6, 6.07) is -0.934. The van der Waals surface area contributed by atoms with Gasteiger partial charge in [0, 0.05) is 18.7 Å². The number of likely N-dealkylation sites (N-methyl/N-ethyl adjacent to an activating group) is 1. The lowest BCUT2D eigenvalue weighted by atomic mass is 10.2. The molecule has 7 heteroatoms. The average molecular weight is 243 g/mol. The third kappa shape index (κ3) is 2.05. The van der Waals surface area contributed by atoms with E-state index in [1.54, 1.807) is 11.8 Å². The standard InChI is InChI=1S/C9H13N3O3S/c1-12-7(13)2-5(9(12)15)11-8(14)6-3-16-4-10-6/h5-6,10H,2-4H2,1H3,(H,11,14). The fourth-order valence-corrected chi connectivity index (χ4v) is 2.65. The van der Waals surface area contributed by atoms with E-state index in [0.29, 0.717) is 5.75 Å². The van der Waals surface area contributed by atoms with E-state index in [9.17, 15) is 14.4 Å². The number of nitrogens with zero attached hydrogens (tertiary/aromatic N) is 1. The first kappa shape index (κ1) is 11.4. The van der Waals surface area contributed by atoms with Crippen molar-refractivity contribution in [1.29, 1.82) is 0 Å². The van der Waals surface area contributed by atoms with Gasteiger partial charge in [-0.1, -0.05) is 0 Å². The maximum Gasteiger partial charge on any atom is 0.252 e. The van der Waals surface area contributed by atoms with E-state index in [4.69, 9.17) is 0 Å². The van der Waals surface area contributed by atoms with Gasteiger partial charge in [0.1, 0.15) is 6.04 Å². The van der Waals surface area contributed by atoms with Crippen LogP contribution in [0.4, 0.5) is 0 Å². The summed E-state index contributed by atoms with van der Waals surface area (Å²) in [6.07, 6.45) is 0.0704. The molecule has 2 atom stereocenters. The van der Waals surface area contributed by atoms with Crippen LogP contribution in [-0.4, -0.2) is 53.4 Å². The van der Waals surface area contributed by atoms with Crippen molar-refractivity contribution in [2.24, 2.45) is 0 Å². The summed E-state index contributed by atoms with van der Waals surface area (Å²) in [5, 5.41) is 5.61. The van der Waals surface area contributed by atoms with Crippen molar-refractivity contribution in [2.75, 3.05) is 18.7 Å². The minimum Gasteiger partial charge on any atom is -0.342 e. The van der Waals surface area contributed by atoms with Crippen molar-refractivity contribution in [1.82, 2.24) is 15.5 Å². The molecular weight excluding hydrogens is 230 g/mol. The maximum atomic E-state index is 11.7. The Morgan fingerprint density at radius 3 is 2.81 bits per heavy atom. The molecule has 0 saturated carbocycles. The predicted molar refractivity (Wildman–Crippen MR) is 58.6 cm³/mol. The second-order valence-electron chi connectivity index (χ2n) is 3.83. The summed E-state index contributed by atoms with van der Waals surface area (Å²) in [7, 11) is 1.43. The first-order chi connectivity index (χ1) is 7.59. The highest BCUT2D eigenvalue weighted by Gasteiger charge is 2.38. The summed E-state index contributed by atoms with van der Waals surface area (Å²) >= 11 is 1.64. The van der Waals surface area contributed by atoms with E-state index >= 15 is 0 Å². The molecule has 2 rings (SSSR count). The largest absolute Gasteiger partial charge is 0.342 e. The van der Waals surface area contributed by atoms with E-state index in [2.05, 4.69) is 10.6 Å². The number of imide groups is 1. The molecule has 0 aliphatic carbocycles. The van der Waals surface area contributed by atoms with Crippen LogP contribution >= 0.6 is 11.8 Å². The number of hydrogen-bond donors (Lipinski definition) is 2. The van der Waals surface area contributed by atoms with Gasteiger partial charge in [-0.05, 0) is 0 Å². The van der Waals surface area contributed by atoms with Gasteiger partial charge in [0.2, 0.25) is 11.8 Å². The van der Waals surface area contributed by atoms with Crippen molar-refractivity contribution in [2.45, 2.75) is 18.5 Å². The number of rotatable bonds is 2. The van der Waals surface area contributed by atoms with Gasteiger partial charge in [-0.2, -0.15) is 0 Å². The van der Waals surface area contributed by atoms with Crippen LogP contribution in [0.25, 0.3) is 0 Å². The SMILES string of the molecule is CN1C(=O)CC(NC(=O)C2CSCN2)C1=O. The minimum atomic E-state index is -0.683. The first-order valence-corrected chi connectivity index (χ1v) is 6.17. The zero-order valence-corrected chi connectivity index (χ0v) is 9.67. The molecule has 2 aliphatic rings. The monoisotopic (exact) mass is 243 g/mol. The van der Waals surface area contributed by atoms with Crippen molar-refractivity contribution < 1.29 is 14.4 Å². The van der Waals surface area contributed by atoms with Gasteiger partial charge in [0.05, 0.1) is 12.5 Å². The molecule has 2 heterocycles. The lowest BCUT2D eigenvalue weighted by Crippen LogP contribution is -2.48. The van der Waals surface area contributed by atoms with Crippen LogP contribution in [0.1, 0.15) is 6.42 Å². The van der Waals surface area contributed by atoms with Crippen molar-refractivity contribution >= 4 is 29.5 Å². The number of carbonyl (C=O) groups excluding carboxylic acids is 3. The summed E-state index contributed by atoms with van der Waals surface area (Å²) in [6.45, 7) is 0. The Morgan fingerprint density at radius 1 is 1.56 bits per heavy atom. The number of likely N-dealkylation sites (tertiary alicyclic amines) is 1. The van der Waals surface area contributed by atoms with E-state index in [1.165, 1.54) is 7.05 Å². The smallest absolute Gasteiger partial charge is 0.252 e. The Labute approximate surface area is 97.1 Å². The van der Waals surface area contributed by atoms with Crippen LogP contribution in [0.3, 0.4) is 0 Å². The van der Waals surface area contributed by atoms with Crippen LogP contribution in [-0.2, 0) is 14.4 Å². The lowest BCUT2D eigenvalue weighted by molar-refractivity contribution is -0.138. The number of carbonyl (C=O) groups is 3. The molecule has 2 N–H and O–H groups in total. The number of hydrogen-bond acceptors (Lipinski definition) is 5. The molecule has 2 unspecified atom stereocenters. The van der Waals surface area contributed by atoms with E-state index in [1.807, 2.05) is 0 Å². The molecular formula is C9H13N3O3S. The Balaban J connectivity index is 1.92. The van der Waals surface area contributed by atoms with Crippen molar-refractivity contribution in [3.63, 3.8) is 0 Å². The molecule has 88 valence electrons. The molecule has 0 aromatic carbocycles. The van der Waals surface area contributed by atoms with Crippen LogP contribution < -0.4 is 10.6 Å². The third-order valence-corrected chi connectivity index (χ3v) is 3.67. The number of nitrogens with one attached hydrogen (secondary N) is 2. The Hall–Kier alpha value is -1.08. The number of amides is 3. The topological polar surface area (TPSA) is 78.5 Å². The van der Waals surface area contributed by atoms with Gasteiger partial charge in [-0.15, -0.1) is 11.8 Å². The Bertz CT molecular complexity index is 341. The molecule has 0 bridgehead atoms. The second-order valence-corrected chi connectivity index (χ2v) is 4.86. The summed E-state index contributed by atoms with van der Waals surface area (Å²) in [5.74, 6) is 0.672. The highest BCUT2D eigenvalue weighted by molar-refractivity contribution is 7.99. The molecule has 0 aromatic heterocycles. The average Bonchev–Trinajstić information content (AvgIpc) is 2.85. The van der Waals surface area contributed by atoms with Gasteiger partial charge in [0.15, 0.2) is 0 Å². The fourth-order valence-electron chi connectivity index (χ4n) is 1.70. The highest BCUT2D eigenvalue weighted by atomic mass is 32.2. The van der Waals surface area contributed by atoms with Crippen LogP contribution in [0, 0.1) is 0 Å². The molecule has 3 amide bonds. The lowest BCUT2D eigenvalue weighted by Gasteiger charge is -2.14. The van der Waals surface area contributed by atoms with Crippen LogP contribution in [0.2, 0.25) is 0 Å². The van der Waals surface area contributed by atoms with E-state index in [-0.39, 0.29) is 30.2 Å². The van der Waals surface area contributed by atoms with Crippen molar-refractivity contribution in [3.8, 4) is 0 Å². The third-order valence-electron chi connectivity index (χ3n) is 2.73. The van der Waals surface area contributed by atoms with E-state index in [0.717, 1.165) is 10.8 Å². The first-order valence-electron chi connectivity index (χ1n) is 5.01. The summed E-state index contributed by atoms with van der Waals surface area (Å²) in [4.78, 5) is 35.5. The van der Waals surface area contributed by atoms with Gasteiger partial charge in [0.25, 0.3) is 5.91 Å². The normalized spacial score (nSPS) is 29.9. The predicted octanol–water partition coefficient (Wildman–Crippen LogP) is -1.48. The minimum absolute atomic E-state index is 0.0704. The zero-order chi connectivity index (χ0) is 11.7. The van der Waals surface area contributed by atoms with Gasteiger partial charge < -0.3 is 5.32 Å². The van der Waals surface area contributed by atoms with Crippen LogP contribution in [0.5, 0.6) is 0 Å². The highest BCUT2D eigenvalue weighted by Crippen LogP contribution is 2.13. The maximum absolute atomic E-state index is 11.7. The zero-order valence-electron chi connectivity index (χ0n) is 8.86.